The number of hydrogen-bond acceptors (Lipinski definition) is 1. The van der Waals surface area contributed by atoms with E-state index in [1.54, 1.807) is 6.07 Å². The van der Waals surface area contributed by atoms with Crippen LogP contribution < -0.4 is 5.32 Å². The maximum absolute atomic E-state index is 12.1. The quantitative estimate of drug-likeness (QED) is 0.751. The lowest BCUT2D eigenvalue weighted by Crippen LogP contribution is -2.34. The highest BCUT2D eigenvalue weighted by atomic mass is 79.9. The number of aryl methyl sites for hydroxylation is 1. The summed E-state index contributed by atoms with van der Waals surface area (Å²) >= 11 is 9.52. The molecule has 4 heteroatoms. The average molecular weight is 347 g/mol. The minimum absolute atomic E-state index is 0.0978. The molecule has 0 bridgehead atoms. The minimum atomic E-state index is -0.100. The van der Waals surface area contributed by atoms with Crippen molar-refractivity contribution < 1.29 is 4.79 Å². The smallest absolute Gasteiger partial charge is 0.252 e. The van der Waals surface area contributed by atoms with Crippen LogP contribution in [0.25, 0.3) is 0 Å². The summed E-state index contributed by atoms with van der Waals surface area (Å²) < 4.78 is 0. The largest absolute Gasteiger partial charge is 0.351 e. The van der Waals surface area contributed by atoms with Crippen molar-refractivity contribution in [2.24, 2.45) is 5.41 Å². The summed E-state index contributed by atoms with van der Waals surface area (Å²) in [5.74, 6) is -0.100. The Labute approximate surface area is 129 Å². The van der Waals surface area contributed by atoms with E-state index >= 15 is 0 Å². The fraction of sp³-hybridized carbons (Fsp3) is 0.533. The molecular weight excluding hydrogens is 326 g/mol. The maximum atomic E-state index is 12.1. The van der Waals surface area contributed by atoms with Crippen molar-refractivity contribution >= 4 is 33.4 Å². The van der Waals surface area contributed by atoms with Crippen molar-refractivity contribution in [1.29, 1.82) is 0 Å². The summed E-state index contributed by atoms with van der Waals surface area (Å²) in [6.07, 6.45) is 2.17. The standard InChI is InChI=1S/C15H21BrClNO/c1-11-5-6-12(13(17)9-11)14(19)18-10-15(2,3)7-4-8-16/h5-6,9H,4,7-8,10H2,1-3H3,(H,18,19). The zero-order valence-corrected chi connectivity index (χ0v) is 14.1. The van der Waals surface area contributed by atoms with Gasteiger partial charge >= 0.3 is 0 Å². The predicted molar refractivity (Wildman–Crippen MR) is 85.3 cm³/mol. The van der Waals surface area contributed by atoms with Gasteiger partial charge in [0.25, 0.3) is 5.91 Å². The molecule has 0 atom stereocenters. The van der Waals surface area contributed by atoms with Crippen LogP contribution in [0.4, 0.5) is 0 Å². The SMILES string of the molecule is Cc1ccc(C(=O)NCC(C)(C)CCCBr)c(Cl)c1. The predicted octanol–water partition coefficient (Wildman–Crippen LogP) is 4.58. The molecule has 1 N–H and O–H groups in total. The fourth-order valence-corrected chi connectivity index (χ4v) is 2.45. The van der Waals surface area contributed by atoms with E-state index in [9.17, 15) is 4.79 Å². The summed E-state index contributed by atoms with van der Waals surface area (Å²) in [5.41, 5.74) is 1.70. The van der Waals surface area contributed by atoms with Gasteiger partial charge in [-0.1, -0.05) is 47.4 Å². The number of halogens is 2. The minimum Gasteiger partial charge on any atom is -0.351 e. The van der Waals surface area contributed by atoms with Crippen molar-refractivity contribution in [3.63, 3.8) is 0 Å². The third-order valence-corrected chi connectivity index (χ3v) is 3.96. The van der Waals surface area contributed by atoms with Crippen molar-refractivity contribution in [1.82, 2.24) is 5.32 Å². The summed E-state index contributed by atoms with van der Waals surface area (Å²) in [5, 5.41) is 4.47. The molecule has 0 unspecified atom stereocenters. The second-order valence-corrected chi connectivity index (χ2v) is 6.82. The van der Waals surface area contributed by atoms with Gasteiger partial charge in [0.05, 0.1) is 10.6 Å². The molecule has 1 amide bonds. The second-order valence-electron chi connectivity index (χ2n) is 5.62. The number of carbonyl (C=O) groups is 1. The Hall–Kier alpha value is -0.540. The van der Waals surface area contributed by atoms with Crippen molar-refractivity contribution in [3.8, 4) is 0 Å². The summed E-state index contributed by atoms with van der Waals surface area (Å²) in [6.45, 7) is 6.93. The number of amides is 1. The molecule has 0 saturated carbocycles. The van der Waals surface area contributed by atoms with Gasteiger partial charge in [0, 0.05) is 11.9 Å². The monoisotopic (exact) mass is 345 g/mol. The molecule has 1 aromatic rings. The number of benzene rings is 1. The highest BCUT2D eigenvalue weighted by molar-refractivity contribution is 9.09. The van der Waals surface area contributed by atoms with Gasteiger partial charge in [-0.25, -0.2) is 0 Å². The highest BCUT2D eigenvalue weighted by Crippen LogP contribution is 2.22. The van der Waals surface area contributed by atoms with Crippen LogP contribution in [0, 0.1) is 12.3 Å². The molecule has 0 fully saturated rings. The van der Waals surface area contributed by atoms with Crippen LogP contribution in [0.2, 0.25) is 5.02 Å². The Bertz CT molecular complexity index is 446. The van der Waals surface area contributed by atoms with E-state index in [1.165, 1.54) is 0 Å². The van der Waals surface area contributed by atoms with E-state index < -0.39 is 0 Å². The molecule has 0 radical (unpaired) electrons. The van der Waals surface area contributed by atoms with Gasteiger partial charge in [-0.15, -0.1) is 0 Å². The number of nitrogens with one attached hydrogen (secondary N) is 1. The molecule has 0 spiro atoms. The molecule has 1 rings (SSSR count). The Morgan fingerprint density at radius 1 is 1.42 bits per heavy atom. The fourth-order valence-electron chi connectivity index (χ4n) is 1.85. The van der Waals surface area contributed by atoms with Gasteiger partial charge in [-0.05, 0) is 42.9 Å². The maximum Gasteiger partial charge on any atom is 0.252 e. The Balaban J connectivity index is 2.60. The van der Waals surface area contributed by atoms with Crippen LogP contribution in [-0.4, -0.2) is 17.8 Å². The average Bonchev–Trinajstić information content (AvgIpc) is 2.34. The van der Waals surface area contributed by atoms with E-state index in [0.29, 0.717) is 17.1 Å². The van der Waals surface area contributed by atoms with Crippen LogP contribution in [0.3, 0.4) is 0 Å². The number of carbonyl (C=O) groups excluding carboxylic acids is 1. The Morgan fingerprint density at radius 2 is 2.11 bits per heavy atom. The Morgan fingerprint density at radius 3 is 2.68 bits per heavy atom. The molecule has 0 aliphatic rings. The number of hydrogen-bond donors (Lipinski definition) is 1. The zero-order valence-electron chi connectivity index (χ0n) is 11.7. The lowest BCUT2D eigenvalue weighted by atomic mass is 9.88. The summed E-state index contributed by atoms with van der Waals surface area (Å²) in [6, 6.07) is 5.49. The van der Waals surface area contributed by atoms with Crippen LogP contribution in [0.15, 0.2) is 18.2 Å². The van der Waals surface area contributed by atoms with E-state index in [2.05, 4.69) is 35.1 Å². The van der Waals surface area contributed by atoms with Gasteiger partial charge in [0.1, 0.15) is 0 Å². The van der Waals surface area contributed by atoms with Crippen LogP contribution >= 0.6 is 27.5 Å². The molecule has 106 valence electrons. The molecule has 0 aliphatic heterocycles. The molecule has 0 saturated heterocycles. The third kappa shape index (κ3) is 5.53. The van der Waals surface area contributed by atoms with E-state index in [-0.39, 0.29) is 11.3 Å². The lowest BCUT2D eigenvalue weighted by Gasteiger charge is -2.24. The van der Waals surface area contributed by atoms with E-state index in [0.717, 1.165) is 23.7 Å². The van der Waals surface area contributed by atoms with Crippen molar-refractivity contribution in [2.45, 2.75) is 33.6 Å². The van der Waals surface area contributed by atoms with Crippen molar-refractivity contribution in [2.75, 3.05) is 11.9 Å². The van der Waals surface area contributed by atoms with Gasteiger partial charge in [-0.3, -0.25) is 4.79 Å². The summed E-state index contributed by atoms with van der Waals surface area (Å²) in [7, 11) is 0. The van der Waals surface area contributed by atoms with E-state index in [1.807, 2.05) is 19.1 Å². The highest BCUT2D eigenvalue weighted by Gasteiger charge is 2.19. The number of rotatable bonds is 6. The summed E-state index contributed by atoms with van der Waals surface area (Å²) in [4.78, 5) is 12.1. The number of alkyl halides is 1. The molecular formula is C15H21BrClNO. The topological polar surface area (TPSA) is 29.1 Å². The lowest BCUT2D eigenvalue weighted by molar-refractivity contribution is 0.0934. The molecule has 0 aliphatic carbocycles. The molecule has 1 aromatic carbocycles. The molecule has 0 heterocycles. The van der Waals surface area contributed by atoms with Gasteiger partial charge < -0.3 is 5.32 Å². The first-order chi connectivity index (χ1) is 8.85. The van der Waals surface area contributed by atoms with Gasteiger partial charge in [0.15, 0.2) is 0 Å². The van der Waals surface area contributed by atoms with Crippen LogP contribution in [0.5, 0.6) is 0 Å². The van der Waals surface area contributed by atoms with Crippen LogP contribution in [-0.2, 0) is 0 Å². The van der Waals surface area contributed by atoms with E-state index in [4.69, 9.17) is 11.6 Å². The van der Waals surface area contributed by atoms with Crippen molar-refractivity contribution in [3.05, 3.63) is 34.3 Å². The molecule has 2 nitrogen and oxygen atoms in total. The Kier molecular flexibility index (Phi) is 6.34. The third-order valence-electron chi connectivity index (χ3n) is 3.08. The van der Waals surface area contributed by atoms with Gasteiger partial charge in [0.2, 0.25) is 0 Å². The molecule has 19 heavy (non-hydrogen) atoms. The van der Waals surface area contributed by atoms with Crippen LogP contribution in [0.1, 0.15) is 42.6 Å². The molecule has 0 aromatic heterocycles. The second kappa shape index (κ2) is 7.30. The first-order valence-corrected chi connectivity index (χ1v) is 7.96. The normalized spacial score (nSPS) is 11.4. The first kappa shape index (κ1) is 16.5. The van der Waals surface area contributed by atoms with Gasteiger partial charge in [-0.2, -0.15) is 0 Å². The zero-order chi connectivity index (χ0) is 14.5. The first-order valence-electron chi connectivity index (χ1n) is 6.46.